The van der Waals surface area contributed by atoms with E-state index in [2.05, 4.69) is 4.98 Å². The smallest absolute Gasteiger partial charge is 0.171 e. The normalized spacial score (nSPS) is 22.2. The molecular weight excluding hydrogens is 234 g/mol. The van der Waals surface area contributed by atoms with Crippen molar-refractivity contribution in [1.29, 1.82) is 0 Å². The lowest BCUT2D eigenvalue weighted by atomic mass is 10.4. The van der Waals surface area contributed by atoms with Crippen LogP contribution in [0.4, 0.5) is 0 Å². The van der Waals surface area contributed by atoms with E-state index in [0.717, 1.165) is 15.6 Å². The van der Waals surface area contributed by atoms with Crippen LogP contribution in [-0.4, -0.2) is 28.0 Å². The van der Waals surface area contributed by atoms with Crippen molar-refractivity contribution < 1.29 is 4.79 Å². The Balaban J connectivity index is 2.11. The fourth-order valence-electron chi connectivity index (χ4n) is 1.23. The van der Waals surface area contributed by atoms with Gasteiger partial charge in [-0.3, -0.25) is 4.79 Å². The molecule has 0 bridgehead atoms. The first-order valence-electron chi connectivity index (χ1n) is 4.43. The highest BCUT2D eigenvalue weighted by molar-refractivity contribution is 8.06. The molecule has 2 nitrogen and oxygen atoms in total. The van der Waals surface area contributed by atoms with Crippen molar-refractivity contribution in [1.82, 2.24) is 4.98 Å². The molecule has 5 heteroatoms. The van der Waals surface area contributed by atoms with Gasteiger partial charge in [0.15, 0.2) is 5.78 Å². The standard InChI is InChI=1S/C9H11NOS3/c1-6(11)7-4-10-9(14-7)8-5-12-2-3-13-8/h4,8H,2-3,5H2,1H3. The Hall–Kier alpha value is -0.0000000000000000833. The van der Waals surface area contributed by atoms with Gasteiger partial charge in [-0.15, -0.1) is 23.1 Å². The maximum Gasteiger partial charge on any atom is 0.171 e. The molecule has 1 aliphatic heterocycles. The summed E-state index contributed by atoms with van der Waals surface area (Å²) in [4.78, 5) is 16.2. The van der Waals surface area contributed by atoms with Crippen LogP contribution in [0.3, 0.4) is 0 Å². The number of thioether (sulfide) groups is 2. The summed E-state index contributed by atoms with van der Waals surface area (Å²) in [5.41, 5.74) is 0. The summed E-state index contributed by atoms with van der Waals surface area (Å²) < 4.78 is 0. The van der Waals surface area contributed by atoms with Crippen LogP contribution in [0.25, 0.3) is 0 Å². The van der Waals surface area contributed by atoms with Crippen molar-refractivity contribution >= 4 is 40.6 Å². The van der Waals surface area contributed by atoms with Crippen LogP contribution in [0.1, 0.15) is 26.9 Å². The van der Waals surface area contributed by atoms with Crippen molar-refractivity contribution in [3.63, 3.8) is 0 Å². The molecule has 0 radical (unpaired) electrons. The van der Waals surface area contributed by atoms with Crippen molar-refractivity contribution in [3.05, 3.63) is 16.1 Å². The largest absolute Gasteiger partial charge is 0.294 e. The average molecular weight is 245 g/mol. The van der Waals surface area contributed by atoms with Gasteiger partial charge < -0.3 is 0 Å². The van der Waals surface area contributed by atoms with E-state index in [-0.39, 0.29) is 5.78 Å². The molecule has 2 rings (SSSR count). The molecular formula is C9H11NOS3. The van der Waals surface area contributed by atoms with Gasteiger partial charge in [-0.05, 0) is 0 Å². The monoisotopic (exact) mass is 245 g/mol. The Morgan fingerprint density at radius 2 is 2.43 bits per heavy atom. The van der Waals surface area contributed by atoms with E-state index in [1.54, 1.807) is 24.5 Å². The van der Waals surface area contributed by atoms with E-state index in [0.29, 0.717) is 5.25 Å². The number of hydrogen-bond donors (Lipinski definition) is 0. The summed E-state index contributed by atoms with van der Waals surface area (Å²) in [5, 5.41) is 1.62. The third-order valence-corrected chi connectivity index (χ3v) is 6.09. The lowest BCUT2D eigenvalue weighted by Gasteiger charge is -2.18. The highest BCUT2D eigenvalue weighted by atomic mass is 32.2. The molecule has 0 saturated carbocycles. The maximum absolute atomic E-state index is 11.1. The Kier molecular flexibility index (Phi) is 3.52. The predicted molar refractivity (Wildman–Crippen MR) is 64.6 cm³/mol. The Morgan fingerprint density at radius 1 is 1.57 bits per heavy atom. The van der Waals surface area contributed by atoms with Crippen molar-refractivity contribution in [2.45, 2.75) is 12.2 Å². The molecule has 1 fully saturated rings. The fraction of sp³-hybridized carbons (Fsp3) is 0.556. The first-order valence-corrected chi connectivity index (χ1v) is 7.45. The number of carbonyl (C=O) groups excluding carboxylic acids is 1. The van der Waals surface area contributed by atoms with E-state index in [1.165, 1.54) is 11.5 Å². The summed E-state index contributed by atoms with van der Waals surface area (Å²) in [7, 11) is 0. The minimum absolute atomic E-state index is 0.127. The molecule has 1 unspecified atom stereocenters. The van der Waals surface area contributed by atoms with Gasteiger partial charge in [-0.2, -0.15) is 11.8 Å². The van der Waals surface area contributed by atoms with Gasteiger partial charge in [0, 0.05) is 30.4 Å². The highest BCUT2D eigenvalue weighted by Crippen LogP contribution is 2.38. The Labute approximate surface area is 95.9 Å². The number of carbonyl (C=O) groups is 1. The molecule has 1 aromatic rings. The van der Waals surface area contributed by atoms with E-state index < -0.39 is 0 Å². The van der Waals surface area contributed by atoms with Gasteiger partial charge in [-0.1, -0.05) is 0 Å². The van der Waals surface area contributed by atoms with Gasteiger partial charge in [0.2, 0.25) is 0 Å². The van der Waals surface area contributed by atoms with Crippen LogP contribution in [0, 0.1) is 0 Å². The number of ketones is 1. The van der Waals surface area contributed by atoms with Crippen LogP contribution in [0.15, 0.2) is 6.20 Å². The summed E-state index contributed by atoms with van der Waals surface area (Å²) in [5.74, 6) is 3.70. The number of thiazole rings is 1. The van der Waals surface area contributed by atoms with Crippen molar-refractivity contribution in [2.24, 2.45) is 0 Å². The van der Waals surface area contributed by atoms with Crippen molar-refractivity contribution in [3.8, 4) is 0 Å². The molecule has 1 saturated heterocycles. The molecule has 76 valence electrons. The zero-order valence-corrected chi connectivity index (χ0v) is 10.3. The molecule has 0 spiro atoms. The van der Waals surface area contributed by atoms with Gasteiger partial charge in [0.1, 0.15) is 5.01 Å². The third-order valence-electron chi connectivity index (χ3n) is 1.96. The fourth-order valence-corrected chi connectivity index (χ4v) is 5.03. The Bertz CT molecular complexity index is 331. The summed E-state index contributed by atoms with van der Waals surface area (Å²) in [6.07, 6.45) is 1.71. The molecule has 14 heavy (non-hydrogen) atoms. The third kappa shape index (κ3) is 2.32. The second kappa shape index (κ2) is 4.68. The van der Waals surface area contributed by atoms with E-state index in [1.807, 2.05) is 23.5 Å². The molecule has 1 atom stereocenters. The Morgan fingerprint density at radius 3 is 3.00 bits per heavy atom. The number of Topliss-reactive ketones (excluding diaryl/α,β-unsaturated/α-hetero) is 1. The number of aromatic nitrogens is 1. The second-order valence-corrected chi connectivity index (χ2v) is 6.58. The minimum Gasteiger partial charge on any atom is -0.294 e. The number of nitrogens with zero attached hydrogens (tertiary/aromatic N) is 1. The van der Waals surface area contributed by atoms with Crippen LogP contribution < -0.4 is 0 Å². The van der Waals surface area contributed by atoms with Crippen LogP contribution in [0.5, 0.6) is 0 Å². The lowest BCUT2D eigenvalue weighted by Crippen LogP contribution is -2.05. The molecule has 0 amide bonds. The van der Waals surface area contributed by atoms with Gasteiger partial charge in [0.05, 0.1) is 10.1 Å². The van der Waals surface area contributed by atoms with Gasteiger partial charge in [0.25, 0.3) is 0 Å². The zero-order chi connectivity index (χ0) is 9.97. The molecule has 0 aromatic carbocycles. The quantitative estimate of drug-likeness (QED) is 0.749. The van der Waals surface area contributed by atoms with E-state index >= 15 is 0 Å². The summed E-state index contributed by atoms with van der Waals surface area (Å²) >= 11 is 5.49. The highest BCUT2D eigenvalue weighted by Gasteiger charge is 2.20. The van der Waals surface area contributed by atoms with E-state index in [9.17, 15) is 4.79 Å². The molecule has 1 aliphatic rings. The van der Waals surface area contributed by atoms with Crippen LogP contribution >= 0.6 is 34.9 Å². The summed E-state index contributed by atoms with van der Waals surface area (Å²) in [6, 6.07) is 0. The predicted octanol–water partition coefficient (Wildman–Crippen LogP) is 2.87. The van der Waals surface area contributed by atoms with E-state index in [4.69, 9.17) is 0 Å². The average Bonchev–Trinajstić information content (AvgIpc) is 2.68. The molecule has 2 heterocycles. The molecule has 0 N–H and O–H groups in total. The lowest BCUT2D eigenvalue weighted by molar-refractivity contribution is 0.102. The SMILES string of the molecule is CC(=O)c1cnc(C2CSCCS2)s1. The number of rotatable bonds is 2. The van der Waals surface area contributed by atoms with Crippen LogP contribution in [0.2, 0.25) is 0 Å². The van der Waals surface area contributed by atoms with Gasteiger partial charge >= 0.3 is 0 Å². The maximum atomic E-state index is 11.1. The zero-order valence-electron chi connectivity index (χ0n) is 7.86. The first kappa shape index (κ1) is 10.5. The van der Waals surface area contributed by atoms with Gasteiger partial charge in [-0.25, -0.2) is 4.98 Å². The summed E-state index contributed by atoms with van der Waals surface area (Å²) in [6.45, 7) is 1.60. The van der Waals surface area contributed by atoms with Crippen molar-refractivity contribution in [2.75, 3.05) is 17.3 Å². The topological polar surface area (TPSA) is 30.0 Å². The molecule has 0 aliphatic carbocycles. The minimum atomic E-state index is 0.127. The van der Waals surface area contributed by atoms with Crippen LogP contribution in [-0.2, 0) is 0 Å². The second-order valence-electron chi connectivity index (χ2n) is 3.05. The molecule has 1 aromatic heterocycles. The first-order chi connectivity index (χ1) is 6.77. The number of hydrogen-bond acceptors (Lipinski definition) is 5.